The van der Waals surface area contributed by atoms with E-state index in [0.29, 0.717) is 25.7 Å². The fourth-order valence-electron chi connectivity index (χ4n) is 2.55. The van der Waals surface area contributed by atoms with E-state index in [0.717, 1.165) is 32.1 Å². The molecule has 0 aromatic heterocycles. The van der Waals surface area contributed by atoms with Crippen molar-refractivity contribution < 1.29 is 19.0 Å². The maximum atomic E-state index is 12.0. The van der Waals surface area contributed by atoms with E-state index in [9.17, 15) is 4.79 Å². The number of ether oxygens (including phenoxy) is 3. The van der Waals surface area contributed by atoms with Crippen LogP contribution in [0.25, 0.3) is 0 Å². The summed E-state index contributed by atoms with van der Waals surface area (Å²) in [5.74, 6) is 0.441. The highest BCUT2D eigenvalue weighted by Gasteiger charge is 2.39. The third-order valence-electron chi connectivity index (χ3n) is 4.08. The first-order valence-electron chi connectivity index (χ1n) is 7.65. The Morgan fingerprint density at radius 2 is 1.90 bits per heavy atom. The third-order valence-corrected chi connectivity index (χ3v) is 4.08. The fourth-order valence-corrected chi connectivity index (χ4v) is 2.55. The van der Waals surface area contributed by atoms with E-state index in [4.69, 9.17) is 19.9 Å². The Labute approximate surface area is 122 Å². The Morgan fingerprint density at radius 3 is 2.50 bits per heavy atom. The van der Waals surface area contributed by atoms with Gasteiger partial charge in [0.05, 0.1) is 6.61 Å². The second kappa shape index (κ2) is 9.32. The topological polar surface area (TPSA) is 70.8 Å². The molecule has 1 aliphatic rings. The molecule has 0 saturated heterocycles. The van der Waals surface area contributed by atoms with Crippen molar-refractivity contribution in [2.45, 2.75) is 51.0 Å². The zero-order chi connectivity index (χ0) is 14.8. The average Bonchev–Trinajstić information content (AvgIpc) is 2.47. The van der Waals surface area contributed by atoms with Gasteiger partial charge in [0, 0.05) is 20.3 Å². The Morgan fingerprint density at radius 1 is 1.20 bits per heavy atom. The van der Waals surface area contributed by atoms with Crippen LogP contribution in [0.3, 0.4) is 0 Å². The maximum absolute atomic E-state index is 12.0. The highest BCUT2D eigenvalue weighted by molar-refractivity contribution is 5.80. The van der Waals surface area contributed by atoms with Gasteiger partial charge in [-0.05, 0) is 38.0 Å². The Hall–Kier alpha value is -0.650. The summed E-state index contributed by atoms with van der Waals surface area (Å²) in [6.45, 7) is 4.19. The van der Waals surface area contributed by atoms with Crippen molar-refractivity contribution in [3.63, 3.8) is 0 Å². The molecule has 0 aliphatic heterocycles. The van der Waals surface area contributed by atoms with Gasteiger partial charge in [-0.2, -0.15) is 0 Å². The summed E-state index contributed by atoms with van der Waals surface area (Å²) in [6.07, 6.45) is 5.54. The van der Waals surface area contributed by atoms with Crippen molar-refractivity contribution in [1.82, 2.24) is 0 Å². The van der Waals surface area contributed by atoms with Gasteiger partial charge in [-0.25, -0.2) is 0 Å². The summed E-state index contributed by atoms with van der Waals surface area (Å²) in [4.78, 5) is 12.0. The maximum Gasteiger partial charge on any atom is 0.326 e. The largest absolute Gasteiger partial charge is 0.462 e. The van der Waals surface area contributed by atoms with E-state index < -0.39 is 5.54 Å². The number of carbonyl (C=O) groups is 1. The molecule has 0 amide bonds. The molecule has 0 aromatic carbocycles. The molecule has 20 heavy (non-hydrogen) atoms. The molecule has 0 aromatic rings. The minimum atomic E-state index is -0.776. The molecule has 0 radical (unpaired) electrons. The summed E-state index contributed by atoms with van der Waals surface area (Å²) in [5, 5.41) is 0. The lowest BCUT2D eigenvalue weighted by atomic mass is 9.76. The zero-order valence-corrected chi connectivity index (χ0v) is 12.9. The fraction of sp³-hybridized carbons (Fsp3) is 0.933. The van der Waals surface area contributed by atoms with Gasteiger partial charge in [-0.1, -0.05) is 13.3 Å². The Bertz CT molecular complexity index is 275. The second-order valence-corrected chi connectivity index (χ2v) is 5.60. The highest BCUT2D eigenvalue weighted by Crippen LogP contribution is 2.32. The summed E-state index contributed by atoms with van der Waals surface area (Å²) < 4.78 is 15.5. The van der Waals surface area contributed by atoms with Crippen LogP contribution in [0.2, 0.25) is 0 Å². The number of carbonyl (C=O) groups excluding carboxylic acids is 1. The van der Waals surface area contributed by atoms with Crippen LogP contribution in [0.1, 0.15) is 45.4 Å². The van der Waals surface area contributed by atoms with Crippen LogP contribution in [-0.2, 0) is 19.0 Å². The molecule has 0 unspecified atom stereocenters. The minimum absolute atomic E-state index is 0.271. The monoisotopic (exact) mass is 287 g/mol. The second-order valence-electron chi connectivity index (χ2n) is 5.60. The molecular formula is C15H29NO4. The van der Waals surface area contributed by atoms with Gasteiger partial charge >= 0.3 is 5.97 Å². The lowest BCUT2D eigenvalue weighted by Gasteiger charge is -2.34. The van der Waals surface area contributed by atoms with E-state index in [1.165, 1.54) is 6.42 Å². The van der Waals surface area contributed by atoms with Crippen molar-refractivity contribution in [3.05, 3.63) is 0 Å². The third kappa shape index (κ3) is 5.77. The van der Waals surface area contributed by atoms with Crippen LogP contribution >= 0.6 is 0 Å². The SMILES string of the molecule is CCC1CCC(N)(C(=O)OCCOCCCOC)CC1. The van der Waals surface area contributed by atoms with Crippen LogP contribution in [0, 0.1) is 5.92 Å². The summed E-state index contributed by atoms with van der Waals surface area (Å²) in [6, 6.07) is 0. The smallest absolute Gasteiger partial charge is 0.326 e. The standard InChI is InChI=1S/C15H29NO4/c1-3-13-5-7-15(16,8-6-13)14(17)20-12-11-19-10-4-9-18-2/h13H,3-12,16H2,1-2H3. The van der Waals surface area contributed by atoms with Gasteiger partial charge in [0.15, 0.2) is 0 Å². The number of hydrogen-bond donors (Lipinski definition) is 1. The molecule has 2 N–H and O–H groups in total. The molecular weight excluding hydrogens is 258 g/mol. The van der Waals surface area contributed by atoms with Crippen LogP contribution in [-0.4, -0.2) is 45.0 Å². The summed E-state index contributed by atoms with van der Waals surface area (Å²) in [7, 11) is 1.66. The first kappa shape index (κ1) is 17.4. The number of esters is 1. The number of rotatable bonds is 9. The number of nitrogens with two attached hydrogens (primary N) is 1. The zero-order valence-electron chi connectivity index (χ0n) is 12.9. The predicted octanol–water partition coefficient (Wildman–Crippen LogP) is 1.88. The summed E-state index contributed by atoms with van der Waals surface area (Å²) in [5.41, 5.74) is 5.39. The van der Waals surface area contributed by atoms with Crippen LogP contribution < -0.4 is 5.73 Å². The molecule has 0 bridgehead atoms. The highest BCUT2D eigenvalue weighted by atomic mass is 16.6. The van der Waals surface area contributed by atoms with Gasteiger partial charge in [-0.15, -0.1) is 0 Å². The lowest BCUT2D eigenvalue weighted by molar-refractivity contribution is -0.153. The van der Waals surface area contributed by atoms with Gasteiger partial charge in [0.1, 0.15) is 12.1 Å². The van der Waals surface area contributed by atoms with Gasteiger partial charge < -0.3 is 19.9 Å². The molecule has 0 heterocycles. The molecule has 5 nitrogen and oxygen atoms in total. The van der Waals surface area contributed by atoms with Gasteiger partial charge in [0.2, 0.25) is 0 Å². The molecule has 1 rings (SSSR count). The molecule has 0 atom stereocenters. The summed E-state index contributed by atoms with van der Waals surface area (Å²) >= 11 is 0. The van der Waals surface area contributed by atoms with Crippen LogP contribution in [0.4, 0.5) is 0 Å². The lowest BCUT2D eigenvalue weighted by Crippen LogP contribution is -2.51. The van der Waals surface area contributed by atoms with Crippen LogP contribution in [0.15, 0.2) is 0 Å². The van der Waals surface area contributed by atoms with Crippen molar-refractivity contribution >= 4 is 5.97 Å². The Kier molecular flexibility index (Phi) is 8.11. The van der Waals surface area contributed by atoms with E-state index in [1.54, 1.807) is 7.11 Å². The first-order valence-corrected chi connectivity index (χ1v) is 7.65. The Balaban J connectivity index is 2.13. The van der Waals surface area contributed by atoms with E-state index >= 15 is 0 Å². The molecule has 1 fully saturated rings. The van der Waals surface area contributed by atoms with Crippen molar-refractivity contribution in [2.75, 3.05) is 33.5 Å². The molecule has 1 saturated carbocycles. The molecule has 1 aliphatic carbocycles. The van der Waals surface area contributed by atoms with Crippen LogP contribution in [0.5, 0.6) is 0 Å². The molecule has 118 valence electrons. The van der Waals surface area contributed by atoms with Gasteiger partial charge in [-0.3, -0.25) is 4.79 Å². The molecule has 0 spiro atoms. The molecule has 5 heteroatoms. The average molecular weight is 287 g/mol. The van der Waals surface area contributed by atoms with Crippen molar-refractivity contribution in [3.8, 4) is 0 Å². The minimum Gasteiger partial charge on any atom is -0.462 e. The number of methoxy groups -OCH3 is 1. The number of hydrogen-bond acceptors (Lipinski definition) is 5. The van der Waals surface area contributed by atoms with E-state index in [2.05, 4.69) is 6.92 Å². The quantitative estimate of drug-likeness (QED) is 0.518. The van der Waals surface area contributed by atoms with Crippen molar-refractivity contribution in [1.29, 1.82) is 0 Å². The first-order chi connectivity index (χ1) is 9.62. The predicted molar refractivity (Wildman–Crippen MR) is 77.4 cm³/mol. The normalized spacial score (nSPS) is 26.4. The van der Waals surface area contributed by atoms with Gasteiger partial charge in [0.25, 0.3) is 0 Å². The van der Waals surface area contributed by atoms with E-state index in [1.807, 2.05) is 0 Å². The van der Waals surface area contributed by atoms with E-state index in [-0.39, 0.29) is 12.6 Å². The van der Waals surface area contributed by atoms with Crippen molar-refractivity contribution in [2.24, 2.45) is 11.7 Å².